The molecule has 0 saturated heterocycles. The van der Waals surface area contributed by atoms with E-state index >= 15 is 0 Å². The van der Waals surface area contributed by atoms with Crippen LogP contribution in [0.2, 0.25) is 0 Å². The van der Waals surface area contributed by atoms with Crippen LogP contribution in [0.5, 0.6) is 0 Å². The van der Waals surface area contributed by atoms with Crippen molar-refractivity contribution in [1.29, 1.82) is 0 Å². The van der Waals surface area contributed by atoms with Crippen LogP contribution in [0.3, 0.4) is 0 Å². The minimum absolute atomic E-state index is 0.315. The fourth-order valence-corrected chi connectivity index (χ4v) is 4.45. The molecule has 0 bridgehead atoms. The zero-order valence-electron chi connectivity index (χ0n) is 21.2. The summed E-state index contributed by atoms with van der Waals surface area (Å²) in [5, 5.41) is 0. The second kappa shape index (κ2) is 16.7. The summed E-state index contributed by atoms with van der Waals surface area (Å²) in [5.74, 6) is 0. The van der Waals surface area contributed by atoms with Crippen LogP contribution < -0.4 is 0 Å². The van der Waals surface area contributed by atoms with Crippen molar-refractivity contribution in [3.05, 3.63) is 0 Å². The lowest BCUT2D eigenvalue weighted by Gasteiger charge is -2.48. The molecule has 0 heterocycles. The smallest absolute Gasteiger partial charge is 0.0155 e. The molecule has 0 aliphatic rings. The summed E-state index contributed by atoms with van der Waals surface area (Å²) in [5.41, 5.74) is 0.630. The Morgan fingerprint density at radius 2 is 0.714 bits per heavy atom. The van der Waals surface area contributed by atoms with Gasteiger partial charge in [0.1, 0.15) is 0 Å². The minimum Gasteiger partial charge on any atom is -0.293 e. The highest BCUT2D eigenvalue weighted by atomic mass is 15.2. The van der Waals surface area contributed by atoms with E-state index in [1.54, 1.807) is 0 Å². The maximum atomic E-state index is 2.78. The van der Waals surface area contributed by atoms with Gasteiger partial charge in [-0.1, -0.05) is 111 Å². The van der Waals surface area contributed by atoms with Crippen molar-refractivity contribution >= 4 is 0 Å². The molecule has 0 fully saturated rings. The first kappa shape index (κ1) is 28.0. The first-order valence-electron chi connectivity index (χ1n) is 13.1. The Morgan fingerprint density at radius 1 is 0.429 bits per heavy atom. The lowest BCUT2D eigenvalue weighted by atomic mass is 9.88. The van der Waals surface area contributed by atoms with Gasteiger partial charge in [-0.25, -0.2) is 0 Å². The standard InChI is InChI=1S/C27H57N/c1-8-11-12-13-14-15-16-17-18-19-20-21-22-23-24-25-28(26(4,5)9-2)27(6,7)10-3/h8-25H2,1-7H3. The topological polar surface area (TPSA) is 3.24 Å². The monoisotopic (exact) mass is 395 g/mol. The molecule has 0 rings (SSSR count). The molecule has 0 radical (unpaired) electrons. The van der Waals surface area contributed by atoms with Crippen molar-refractivity contribution in [2.75, 3.05) is 6.54 Å². The first-order chi connectivity index (χ1) is 13.3. The Morgan fingerprint density at radius 3 is 1.00 bits per heavy atom. The van der Waals surface area contributed by atoms with Crippen molar-refractivity contribution in [1.82, 2.24) is 4.90 Å². The van der Waals surface area contributed by atoms with Crippen molar-refractivity contribution < 1.29 is 0 Å². The molecule has 28 heavy (non-hydrogen) atoms. The normalized spacial score (nSPS) is 12.9. The molecule has 0 aromatic rings. The van der Waals surface area contributed by atoms with Crippen LogP contribution in [0, 0.1) is 0 Å². The van der Waals surface area contributed by atoms with Gasteiger partial charge in [-0.2, -0.15) is 0 Å². The second-order valence-corrected chi connectivity index (χ2v) is 10.4. The molecule has 0 aromatic heterocycles. The zero-order chi connectivity index (χ0) is 21.3. The van der Waals surface area contributed by atoms with Gasteiger partial charge >= 0.3 is 0 Å². The van der Waals surface area contributed by atoms with E-state index in [9.17, 15) is 0 Å². The molecular weight excluding hydrogens is 338 g/mol. The van der Waals surface area contributed by atoms with Gasteiger partial charge in [0.25, 0.3) is 0 Å². The summed E-state index contributed by atoms with van der Waals surface area (Å²) >= 11 is 0. The molecule has 1 nitrogen and oxygen atoms in total. The van der Waals surface area contributed by atoms with Crippen molar-refractivity contribution in [3.8, 4) is 0 Å². The van der Waals surface area contributed by atoms with E-state index in [-0.39, 0.29) is 0 Å². The second-order valence-electron chi connectivity index (χ2n) is 10.4. The van der Waals surface area contributed by atoms with Crippen LogP contribution in [0.25, 0.3) is 0 Å². The molecule has 0 aliphatic heterocycles. The number of hydrogen-bond donors (Lipinski definition) is 0. The molecule has 0 unspecified atom stereocenters. The number of unbranched alkanes of at least 4 members (excludes halogenated alkanes) is 14. The highest BCUT2D eigenvalue weighted by Gasteiger charge is 2.34. The summed E-state index contributed by atoms with van der Waals surface area (Å²) in [7, 11) is 0. The van der Waals surface area contributed by atoms with E-state index in [2.05, 4.69) is 53.4 Å². The summed E-state index contributed by atoms with van der Waals surface area (Å²) < 4.78 is 0. The molecule has 0 saturated carbocycles. The van der Waals surface area contributed by atoms with E-state index in [1.807, 2.05) is 0 Å². The van der Waals surface area contributed by atoms with Crippen molar-refractivity contribution in [2.45, 2.75) is 169 Å². The SMILES string of the molecule is CCCCCCCCCCCCCCCCCN(C(C)(C)CC)C(C)(C)CC. The third kappa shape index (κ3) is 13.2. The van der Waals surface area contributed by atoms with Gasteiger partial charge in [-0.3, -0.25) is 4.90 Å². The van der Waals surface area contributed by atoms with Crippen molar-refractivity contribution in [2.24, 2.45) is 0 Å². The average molecular weight is 396 g/mol. The summed E-state index contributed by atoms with van der Waals surface area (Å²) in [6, 6.07) is 0. The molecular formula is C27H57N. The van der Waals surface area contributed by atoms with Gasteiger partial charge in [-0.05, 0) is 53.5 Å². The number of hydrogen-bond acceptors (Lipinski definition) is 1. The fourth-order valence-electron chi connectivity index (χ4n) is 4.45. The predicted molar refractivity (Wildman–Crippen MR) is 130 cm³/mol. The van der Waals surface area contributed by atoms with Gasteiger partial charge < -0.3 is 0 Å². The molecule has 1 heteroatoms. The van der Waals surface area contributed by atoms with E-state index in [4.69, 9.17) is 0 Å². The molecule has 0 amide bonds. The molecule has 0 atom stereocenters. The average Bonchev–Trinajstić information content (AvgIpc) is 2.67. The predicted octanol–water partition coefficient (Wildman–Crippen LogP) is 9.54. The van der Waals surface area contributed by atoms with Crippen LogP contribution in [0.4, 0.5) is 0 Å². The maximum absolute atomic E-state index is 2.78. The van der Waals surface area contributed by atoms with E-state index in [0.717, 1.165) is 0 Å². The third-order valence-corrected chi connectivity index (χ3v) is 7.18. The summed E-state index contributed by atoms with van der Waals surface area (Å²) in [4.78, 5) is 2.78. The van der Waals surface area contributed by atoms with Crippen molar-refractivity contribution in [3.63, 3.8) is 0 Å². The van der Waals surface area contributed by atoms with Gasteiger partial charge in [-0.15, -0.1) is 0 Å². The largest absolute Gasteiger partial charge is 0.293 e. The Bertz CT molecular complexity index is 315. The van der Waals surface area contributed by atoms with Crippen LogP contribution >= 0.6 is 0 Å². The quantitative estimate of drug-likeness (QED) is 0.185. The Balaban J connectivity index is 3.64. The van der Waals surface area contributed by atoms with E-state index in [0.29, 0.717) is 11.1 Å². The Hall–Kier alpha value is -0.0400. The Kier molecular flexibility index (Phi) is 16.7. The van der Waals surface area contributed by atoms with Gasteiger partial charge in [0.05, 0.1) is 0 Å². The van der Waals surface area contributed by atoms with Gasteiger partial charge in [0.2, 0.25) is 0 Å². The fraction of sp³-hybridized carbons (Fsp3) is 1.00. The summed E-state index contributed by atoms with van der Waals surface area (Å²) in [6.07, 6.45) is 24.1. The maximum Gasteiger partial charge on any atom is 0.0155 e. The molecule has 0 spiro atoms. The number of nitrogens with zero attached hydrogens (tertiary/aromatic N) is 1. The first-order valence-corrected chi connectivity index (χ1v) is 13.1. The van der Waals surface area contributed by atoms with E-state index < -0.39 is 0 Å². The zero-order valence-corrected chi connectivity index (χ0v) is 21.2. The lowest BCUT2D eigenvalue weighted by molar-refractivity contribution is 0.00963. The van der Waals surface area contributed by atoms with Crippen LogP contribution in [-0.4, -0.2) is 22.5 Å². The van der Waals surface area contributed by atoms with Crippen LogP contribution in [0.15, 0.2) is 0 Å². The van der Waals surface area contributed by atoms with Gasteiger partial charge in [0.15, 0.2) is 0 Å². The highest BCUT2D eigenvalue weighted by Crippen LogP contribution is 2.30. The Labute approximate surface area is 180 Å². The van der Waals surface area contributed by atoms with Gasteiger partial charge in [0, 0.05) is 11.1 Å². The van der Waals surface area contributed by atoms with Crippen LogP contribution in [-0.2, 0) is 0 Å². The van der Waals surface area contributed by atoms with Crippen LogP contribution in [0.1, 0.15) is 158 Å². The van der Waals surface area contributed by atoms with E-state index in [1.165, 1.54) is 116 Å². The summed E-state index contributed by atoms with van der Waals surface area (Å²) in [6.45, 7) is 17.9. The molecule has 0 N–H and O–H groups in total. The number of rotatable bonds is 20. The molecule has 170 valence electrons. The lowest BCUT2D eigenvalue weighted by Crippen LogP contribution is -2.55. The minimum atomic E-state index is 0.315. The molecule has 0 aromatic carbocycles. The third-order valence-electron chi connectivity index (χ3n) is 7.18. The highest BCUT2D eigenvalue weighted by molar-refractivity contribution is 4.90. The molecule has 0 aliphatic carbocycles.